The van der Waals surface area contributed by atoms with Gasteiger partial charge in [-0.25, -0.2) is 4.98 Å². The Labute approximate surface area is 126 Å². The summed E-state index contributed by atoms with van der Waals surface area (Å²) in [4.78, 5) is 17.1. The van der Waals surface area contributed by atoms with Crippen LogP contribution in [0.4, 0.5) is 0 Å². The van der Waals surface area contributed by atoms with E-state index in [0.29, 0.717) is 13.0 Å². The van der Waals surface area contributed by atoms with Gasteiger partial charge >= 0.3 is 0 Å². The molecule has 0 saturated heterocycles. The Morgan fingerprint density at radius 3 is 3.10 bits per heavy atom. The van der Waals surface area contributed by atoms with Gasteiger partial charge in [-0.05, 0) is 42.0 Å². The van der Waals surface area contributed by atoms with Crippen LogP contribution in [-0.2, 0) is 17.6 Å². The van der Waals surface area contributed by atoms with Crippen molar-refractivity contribution in [3.63, 3.8) is 0 Å². The van der Waals surface area contributed by atoms with Crippen molar-refractivity contribution in [2.75, 3.05) is 6.54 Å². The van der Waals surface area contributed by atoms with Crippen molar-refractivity contribution < 1.29 is 9.21 Å². The molecule has 3 rings (SSSR count). The summed E-state index contributed by atoms with van der Waals surface area (Å²) in [5.74, 6) is 0.103. The number of carbonyl (C=O) groups is 1. The molecule has 0 saturated carbocycles. The van der Waals surface area contributed by atoms with Crippen LogP contribution >= 0.6 is 11.3 Å². The average molecular weight is 300 g/mol. The lowest BCUT2D eigenvalue weighted by Gasteiger charge is -2.05. The van der Waals surface area contributed by atoms with E-state index >= 15 is 0 Å². The smallest absolute Gasteiger partial charge is 0.220 e. The number of fused-ring (bicyclic) bond motifs is 1. The van der Waals surface area contributed by atoms with Gasteiger partial charge in [0.1, 0.15) is 5.52 Å². The van der Waals surface area contributed by atoms with Crippen LogP contribution in [0.5, 0.6) is 0 Å². The molecule has 0 fully saturated rings. The zero-order valence-corrected chi connectivity index (χ0v) is 12.4. The number of aryl methyl sites for hydroxylation is 1. The van der Waals surface area contributed by atoms with Crippen molar-refractivity contribution in [2.45, 2.75) is 19.3 Å². The molecule has 0 radical (unpaired) electrons. The molecule has 5 heteroatoms. The van der Waals surface area contributed by atoms with Crippen molar-refractivity contribution in [3.05, 3.63) is 52.5 Å². The summed E-state index contributed by atoms with van der Waals surface area (Å²) < 4.78 is 5.20. The fraction of sp³-hybridized carbons (Fsp3) is 0.250. The molecular formula is C16H16N2O2S. The molecule has 108 valence electrons. The van der Waals surface area contributed by atoms with Crippen LogP contribution in [0.25, 0.3) is 11.1 Å². The van der Waals surface area contributed by atoms with Crippen molar-refractivity contribution in [1.29, 1.82) is 0 Å². The zero-order valence-electron chi connectivity index (χ0n) is 11.5. The third-order valence-corrected chi connectivity index (χ3v) is 4.25. The van der Waals surface area contributed by atoms with Crippen LogP contribution in [-0.4, -0.2) is 17.4 Å². The van der Waals surface area contributed by atoms with E-state index in [9.17, 15) is 4.79 Å². The predicted octanol–water partition coefficient (Wildman–Crippen LogP) is 3.18. The number of oxazole rings is 1. The van der Waals surface area contributed by atoms with Gasteiger partial charge in [0.2, 0.25) is 5.91 Å². The Bertz CT molecular complexity index is 719. The van der Waals surface area contributed by atoms with Gasteiger partial charge < -0.3 is 9.73 Å². The number of aromatic nitrogens is 1. The van der Waals surface area contributed by atoms with Gasteiger partial charge in [-0.1, -0.05) is 12.1 Å². The second kappa shape index (κ2) is 6.54. The number of hydrogen-bond donors (Lipinski definition) is 1. The molecule has 0 atom stereocenters. The highest BCUT2D eigenvalue weighted by atomic mass is 32.1. The molecule has 1 amide bonds. The minimum Gasteiger partial charge on any atom is -0.443 e. The summed E-state index contributed by atoms with van der Waals surface area (Å²) >= 11 is 1.69. The molecule has 21 heavy (non-hydrogen) atoms. The number of rotatable bonds is 6. The number of carbonyl (C=O) groups excluding carboxylic acids is 1. The molecule has 0 unspecified atom stereocenters. The summed E-state index contributed by atoms with van der Waals surface area (Å²) in [5, 5.41) is 4.99. The molecule has 2 heterocycles. The number of nitrogens with one attached hydrogen (secondary N) is 1. The van der Waals surface area contributed by atoms with E-state index in [4.69, 9.17) is 4.42 Å². The number of amides is 1. The Kier molecular flexibility index (Phi) is 4.31. The first-order valence-corrected chi connectivity index (χ1v) is 7.80. The van der Waals surface area contributed by atoms with E-state index in [1.54, 1.807) is 11.3 Å². The third kappa shape index (κ3) is 3.70. The zero-order chi connectivity index (χ0) is 14.5. The Morgan fingerprint density at radius 2 is 2.24 bits per heavy atom. The molecule has 3 aromatic rings. The topological polar surface area (TPSA) is 55.1 Å². The molecule has 0 aliphatic heterocycles. The van der Waals surface area contributed by atoms with Crippen molar-refractivity contribution in [2.24, 2.45) is 0 Å². The fourth-order valence-corrected chi connectivity index (χ4v) is 2.89. The molecular weight excluding hydrogens is 284 g/mol. The highest BCUT2D eigenvalue weighted by Gasteiger charge is 2.04. The van der Waals surface area contributed by atoms with E-state index < -0.39 is 0 Å². The first-order valence-electron chi connectivity index (χ1n) is 6.92. The van der Waals surface area contributed by atoms with Gasteiger partial charge in [0, 0.05) is 17.8 Å². The molecule has 0 aliphatic carbocycles. The minimum absolute atomic E-state index is 0.103. The van der Waals surface area contributed by atoms with Gasteiger partial charge in [-0.15, -0.1) is 11.3 Å². The second-order valence-corrected chi connectivity index (χ2v) is 5.87. The maximum atomic E-state index is 11.8. The number of nitrogens with zero attached hydrogens (tertiary/aromatic N) is 1. The van der Waals surface area contributed by atoms with E-state index in [1.165, 1.54) is 11.3 Å². The summed E-state index contributed by atoms with van der Waals surface area (Å²) in [6.45, 7) is 0.645. The Balaban J connectivity index is 1.43. The highest BCUT2D eigenvalue weighted by Crippen LogP contribution is 2.14. The quantitative estimate of drug-likeness (QED) is 0.760. The van der Waals surface area contributed by atoms with Gasteiger partial charge in [0.25, 0.3) is 0 Å². The maximum absolute atomic E-state index is 11.8. The van der Waals surface area contributed by atoms with Crippen LogP contribution in [0.15, 0.2) is 46.5 Å². The predicted molar refractivity (Wildman–Crippen MR) is 83.4 cm³/mol. The van der Waals surface area contributed by atoms with Crippen molar-refractivity contribution >= 4 is 28.3 Å². The second-order valence-electron chi connectivity index (χ2n) is 4.83. The van der Waals surface area contributed by atoms with E-state index in [2.05, 4.69) is 16.4 Å². The molecule has 2 aromatic heterocycles. The van der Waals surface area contributed by atoms with Crippen LogP contribution in [0.2, 0.25) is 0 Å². The minimum atomic E-state index is 0.103. The van der Waals surface area contributed by atoms with E-state index in [0.717, 1.165) is 29.5 Å². The van der Waals surface area contributed by atoms with Gasteiger partial charge in [0.05, 0.1) is 0 Å². The normalized spacial score (nSPS) is 10.9. The number of thiophene rings is 1. The van der Waals surface area contributed by atoms with E-state index in [-0.39, 0.29) is 5.91 Å². The monoisotopic (exact) mass is 300 g/mol. The van der Waals surface area contributed by atoms with Gasteiger partial charge in [-0.3, -0.25) is 4.79 Å². The highest BCUT2D eigenvalue weighted by molar-refractivity contribution is 7.09. The third-order valence-electron chi connectivity index (χ3n) is 3.31. The molecule has 4 nitrogen and oxygen atoms in total. The lowest BCUT2D eigenvalue weighted by molar-refractivity contribution is -0.121. The van der Waals surface area contributed by atoms with Crippen LogP contribution in [0, 0.1) is 0 Å². The first-order chi connectivity index (χ1) is 10.3. The van der Waals surface area contributed by atoms with E-state index in [1.807, 2.05) is 29.6 Å². The Hall–Kier alpha value is -2.14. The Morgan fingerprint density at radius 1 is 1.29 bits per heavy atom. The molecule has 0 spiro atoms. The van der Waals surface area contributed by atoms with Crippen molar-refractivity contribution in [1.82, 2.24) is 10.3 Å². The van der Waals surface area contributed by atoms with Crippen LogP contribution < -0.4 is 5.32 Å². The lowest BCUT2D eigenvalue weighted by Crippen LogP contribution is -2.25. The van der Waals surface area contributed by atoms with Crippen LogP contribution in [0.1, 0.15) is 16.9 Å². The summed E-state index contributed by atoms with van der Waals surface area (Å²) in [6, 6.07) is 9.99. The summed E-state index contributed by atoms with van der Waals surface area (Å²) in [5.41, 5.74) is 2.80. The van der Waals surface area contributed by atoms with Gasteiger partial charge in [-0.2, -0.15) is 0 Å². The summed E-state index contributed by atoms with van der Waals surface area (Å²) in [6.07, 6.45) is 3.60. The van der Waals surface area contributed by atoms with Gasteiger partial charge in [0.15, 0.2) is 12.0 Å². The number of hydrogen-bond acceptors (Lipinski definition) is 4. The molecule has 1 aromatic carbocycles. The number of benzene rings is 1. The fourth-order valence-electron chi connectivity index (χ4n) is 2.19. The average Bonchev–Trinajstić information content (AvgIpc) is 3.16. The van der Waals surface area contributed by atoms with Crippen molar-refractivity contribution in [3.8, 4) is 0 Å². The SMILES string of the molecule is O=C(CCc1cccs1)NCCc1ccc2ocnc2c1. The summed E-state index contributed by atoms with van der Waals surface area (Å²) in [7, 11) is 0. The molecule has 1 N–H and O–H groups in total. The lowest BCUT2D eigenvalue weighted by atomic mass is 10.1. The van der Waals surface area contributed by atoms with Crippen LogP contribution in [0.3, 0.4) is 0 Å². The molecule has 0 aliphatic rings. The standard InChI is InChI=1S/C16H16N2O2S/c19-16(6-4-13-2-1-9-21-13)17-8-7-12-3-5-15-14(10-12)18-11-20-15/h1-3,5,9-11H,4,6-8H2,(H,17,19). The maximum Gasteiger partial charge on any atom is 0.220 e. The largest absolute Gasteiger partial charge is 0.443 e. The first kappa shape index (κ1) is 13.8. The molecule has 0 bridgehead atoms.